The molecule has 0 radical (unpaired) electrons. The molecule has 1 amide bonds. The van der Waals surface area contributed by atoms with Gasteiger partial charge in [-0.2, -0.15) is 5.26 Å². The molecule has 2 rings (SSSR count). The monoisotopic (exact) mass is 172 g/mol. The van der Waals surface area contributed by atoms with Crippen molar-refractivity contribution < 1.29 is 4.79 Å². The maximum atomic E-state index is 11.4. The SMILES string of the molecule is N#Cc1ccc(C(=O)N2CC2)cc1. The number of rotatable bonds is 1. The van der Waals surface area contributed by atoms with Gasteiger partial charge < -0.3 is 4.90 Å². The molecule has 1 fully saturated rings. The number of hydrogen-bond donors (Lipinski definition) is 0. The fourth-order valence-corrected chi connectivity index (χ4v) is 1.12. The van der Waals surface area contributed by atoms with E-state index in [2.05, 4.69) is 0 Å². The predicted molar refractivity (Wildman–Crippen MR) is 47.1 cm³/mol. The van der Waals surface area contributed by atoms with Crippen LogP contribution in [0.5, 0.6) is 0 Å². The van der Waals surface area contributed by atoms with Crippen molar-refractivity contribution in [1.29, 1.82) is 5.26 Å². The van der Waals surface area contributed by atoms with Crippen LogP contribution in [0.25, 0.3) is 0 Å². The van der Waals surface area contributed by atoms with E-state index < -0.39 is 0 Å². The lowest BCUT2D eigenvalue weighted by molar-refractivity contribution is 0.0885. The van der Waals surface area contributed by atoms with Crippen molar-refractivity contribution in [2.75, 3.05) is 13.1 Å². The molecule has 1 saturated heterocycles. The van der Waals surface area contributed by atoms with Gasteiger partial charge in [0.25, 0.3) is 5.91 Å². The van der Waals surface area contributed by atoms with Gasteiger partial charge in [-0.25, -0.2) is 0 Å². The molecule has 1 aromatic rings. The molecule has 0 aromatic heterocycles. The summed E-state index contributed by atoms with van der Waals surface area (Å²) in [5, 5.41) is 8.54. The number of amides is 1. The lowest BCUT2D eigenvalue weighted by Crippen LogP contribution is -2.09. The lowest BCUT2D eigenvalue weighted by atomic mass is 10.1. The molecule has 0 N–H and O–H groups in total. The first-order valence-corrected chi connectivity index (χ1v) is 4.11. The smallest absolute Gasteiger partial charge is 0.253 e. The molecule has 1 aliphatic rings. The predicted octanol–water partition coefficient (Wildman–Crippen LogP) is 1.01. The molecular formula is C10H8N2O. The Balaban J connectivity index is 2.22. The molecule has 0 spiro atoms. The van der Waals surface area contributed by atoms with E-state index in [1.807, 2.05) is 6.07 Å². The Bertz CT molecular complexity index is 371. The maximum absolute atomic E-state index is 11.4. The van der Waals surface area contributed by atoms with Crippen LogP contribution in [0.3, 0.4) is 0 Å². The van der Waals surface area contributed by atoms with Crippen LogP contribution in [0, 0.1) is 11.3 Å². The number of nitrogens with zero attached hydrogens (tertiary/aromatic N) is 2. The van der Waals surface area contributed by atoms with Gasteiger partial charge in [0, 0.05) is 18.7 Å². The summed E-state index contributed by atoms with van der Waals surface area (Å²) >= 11 is 0. The first kappa shape index (κ1) is 7.81. The molecule has 13 heavy (non-hydrogen) atoms. The van der Waals surface area contributed by atoms with Crippen LogP contribution in [-0.4, -0.2) is 23.9 Å². The molecule has 64 valence electrons. The topological polar surface area (TPSA) is 43.9 Å². The fourth-order valence-electron chi connectivity index (χ4n) is 1.12. The molecule has 1 heterocycles. The van der Waals surface area contributed by atoms with E-state index in [1.54, 1.807) is 29.2 Å². The second-order valence-corrected chi connectivity index (χ2v) is 2.98. The minimum Gasteiger partial charge on any atom is -0.335 e. The van der Waals surface area contributed by atoms with Crippen LogP contribution >= 0.6 is 0 Å². The summed E-state index contributed by atoms with van der Waals surface area (Å²) in [6.45, 7) is 1.72. The summed E-state index contributed by atoms with van der Waals surface area (Å²) < 4.78 is 0. The van der Waals surface area contributed by atoms with E-state index in [1.165, 1.54) is 0 Å². The zero-order valence-electron chi connectivity index (χ0n) is 7.03. The van der Waals surface area contributed by atoms with Crippen molar-refractivity contribution in [3.63, 3.8) is 0 Å². The van der Waals surface area contributed by atoms with Crippen LogP contribution in [-0.2, 0) is 0 Å². The molecule has 1 aliphatic heterocycles. The minimum absolute atomic E-state index is 0.0597. The minimum atomic E-state index is 0.0597. The zero-order chi connectivity index (χ0) is 9.26. The van der Waals surface area contributed by atoms with Crippen molar-refractivity contribution in [2.24, 2.45) is 0 Å². The van der Waals surface area contributed by atoms with Crippen LogP contribution in [0.15, 0.2) is 24.3 Å². The van der Waals surface area contributed by atoms with Gasteiger partial charge >= 0.3 is 0 Å². The number of carbonyl (C=O) groups is 1. The molecule has 0 atom stereocenters. The highest BCUT2D eigenvalue weighted by Gasteiger charge is 2.24. The summed E-state index contributed by atoms with van der Waals surface area (Å²) in [6, 6.07) is 8.73. The molecular weight excluding hydrogens is 164 g/mol. The van der Waals surface area contributed by atoms with Crippen LogP contribution < -0.4 is 0 Å². The average molecular weight is 172 g/mol. The summed E-state index contributed by atoms with van der Waals surface area (Å²) in [4.78, 5) is 13.2. The van der Waals surface area contributed by atoms with Gasteiger partial charge in [0.15, 0.2) is 0 Å². The van der Waals surface area contributed by atoms with Gasteiger partial charge in [-0.3, -0.25) is 4.79 Å². The van der Waals surface area contributed by atoms with Gasteiger partial charge in [0.2, 0.25) is 0 Å². The van der Waals surface area contributed by atoms with E-state index in [4.69, 9.17) is 5.26 Å². The molecule has 3 heteroatoms. The van der Waals surface area contributed by atoms with E-state index in [9.17, 15) is 4.79 Å². The van der Waals surface area contributed by atoms with Crippen molar-refractivity contribution >= 4 is 5.91 Å². The number of nitriles is 1. The summed E-state index contributed by atoms with van der Waals surface area (Å²) in [7, 11) is 0. The van der Waals surface area contributed by atoms with Crippen molar-refractivity contribution in [2.45, 2.75) is 0 Å². The fraction of sp³-hybridized carbons (Fsp3) is 0.200. The number of hydrogen-bond acceptors (Lipinski definition) is 2. The second-order valence-electron chi connectivity index (χ2n) is 2.98. The van der Waals surface area contributed by atoms with Crippen molar-refractivity contribution in [3.8, 4) is 6.07 Å². The van der Waals surface area contributed by atoms with Crippen molar-refractivity contribution in [1.82, 2.24) is 4.90 Å². The van der Waals surface area contributed by atoms with E-state index in [-0.39, 0.29) is 5.91 Å². The second kappa shape index (κ2) is 2.91. The Morgan fingerprint density at radius 3 is 2.38 bits per heavy atom. The van der Waals surface area contributed by atoms with Gasteiger partial charge in [-0.15, -0.1) is 0 Å². The molecule has 1 aromatic carbocycles. The van der Waals surface area contributed by atoms with Gasteiger partial charge in [0.1, 0.15) is 0 Å². The lowest BCUT2D eigenvalue weighted by Gasteiger charge is -2.00. The highest BCUT2D eigenvalue weighted by atomic mass is 16.2. The Morgan fingerprint density at radius 1 is 1.31 bits per heavy atom. The quantitative estimate of drug-likeness (QED) is 0.593. The van der Waals surface area contributed by atoms with Crippen LogP contribution in [0.1, 0.15) is 15.9 Å². The van der Waals surface area contributed by atoms with E-state index in [0.29, 0.717) is 11.1 Å². The largest absolute Gasteiger partial charge is 0.335 e. The number of benzene rings is 1. The summed E-state index contributed by atoms with van der Waals surface area (Å²) in [5.41, 5.74) is 1.25. The Hall–Kier alpha value is -1.82. The van der Waals surface area contributed by atoms with E-state index >= 15 is 0 Å². The Kier molecular flexibility index (Phi) is 1.75. The first-order valence-electron chi connectivity index (χ1n) is 4.11. The van der Waals surface area contributed by atoms with Crippen molar-refractivity contribution in [3.05, 3.63) is 35.4 Å². The van der Waals surface area contributed by atoms with Crippen LogP contribution in [0.2, 0.25) is 0 Å². The molecule has 0 bridgehead atoms. The molecule has 0 aliphatic carbocycles. The first-order chi connectivity index (χ1) is 6.31. The van der Waals surface area contributed by atoms with Gasteiger partial charge in [-0.1, -0.05) is 0 Å². The third-order valence-corrected chi connectivity index (χ3v) is 2.00. The van der Waals surface area contributed by atoms with Crippen LogP contribution in [0.4, 0.5) is 0 Å². The Labute approximate surface area is 76.2 Å². The third-order valence-electron chi connectivity index (χ3n) is 2.00. The van der Waals surface area contributed by atoms with Gasteiger partial charge in [-0.05, 0) is 24.3 Å². The molecule has 0 saturated carbocycles. The normalized spacial score (nSPS) is 13.6. The highest BCUT2D eigenvalue weighted by molar-refractivity contribution is 5.95. The van der Waals surface area contributed by atoms with Gasteiger partial charge in [0.05, 0.1) is 11.6 Å². The zero-order valence-corrected chi connectivity index (χ0v) is 7.03. The van der Waals surface area contributed by atoms with E-state index in [0.717, 1.165) is 13.1 Å². The average Bonchev–Trinajstić information content (AvgIpc) is 3.00. The Morgan fingerprint density at radius 2 is 1.92 bits per heavy atom. The molecule has 3 nitrogen and oxygen atoms in total. The number of carbonyl (C=O) groups excluding carboxylic acids is 1. The maximum Gasteiger partial charge on any atom is 0.253 e. The highest BCUT2D eigenvalue weighted by Crippen LogP contribution is 2.12. The summed E-state index contributed by atoms with van der Waals surface area (Å²) in [5.74, 6) is 0.0597. The third kappa shape index (κ3) is 1.52. The molecule has 0 unspecified atom stereocenters. The summed E-state index contributed by atoms with van der Waals surface area (Å²) in [6.07, 6.45) is 0. The standard InChI is InChI=1S/C10H8N2O/c11-7-8-1-3-9(4-2-8)10(13)12-5-6-12/h1-4H,5-6H2.